The molecule has 1 aromatic rings. The molecule has 1 N–H and O–H groups in total. The number of rotatable bonds is 8. The molecule has 0 aliphatic heterocycles. The third-order valence-corrected chi connectivity index (χ3v) is 4.73. The molecule has 1 aromatic heterocycles. The van der Waals surface area contributed by atoms with Gasteiger partial charge in [-0.3, -0.25) is 0 Å². The first kappa shape index (κ1) is 30.5. The Morgan fingerprint density at radius 1 is 1.20 bits per heavy atom. The van der Waals surface area contributed by atoms with Crippen molar-refractivity contribution in [2.24, 2.45) is 5.92 Å². The van der Waals surface area contributed by atoms with E-state index in [1.54, 1.807) is 11.9 Å². The molecule has 0 radical (unpaired) electrons. The number of hydrogen-bond donors (Lipinski definition) is 1. The van der Waals surface area contributed by atoms with Crippen molar-refractivity contribution in [1.29, 1.82) is 0 Å². The van der Waals surface area contributed by atoms with Crippen molar-refractivity contribution in [2.45, 2.75) is 93.4 Å². The summed E-state index contributed by atoms with van der Waals surface area (Å²) in [5.74, 6) is -0.900. The Bertz CT molecular complexity index is 611. The molecule has 0 aromatic carbocycles. The van der Waals surface area contributed by atoms with Gasteiger partial charge in [0.05, 0.1) is 0 Å². The van der Waals surface area contributed by atoms with Gasteiger partial charge in [0.25, 0.3) is 0 Å². The van der Waals surface area contributed by atoms with Crippen LogP contribution in [0.4, 0.5) is 4.79 Å². The zero-order valence-electron chi connectivity index (χ0n) is 20.6. The number of hydrogen-bond acceptors (Lipinski definition) is 6. The zero-order chi connectivity index (χ0) is 24.1. The molecule has 1 amide bonds. The second kappa shape index (κ2) is 15.2. The summed E-state index contributed by atoms with van der Waals surface area (Å²) in [5.41, 5.74) is -0.561. The first-order valence-electron chi connectivity index (χ1n) is 10.7. The highest BCUT2D eigenvalue weighted by atomic mass is 32.1. The van der Waals surface area contributed by atoms with Gasteiger partial charge in [0.1, 0.15) is 16.7 Å². The lowest BCUT2D eigenvalue weighted by molar-refractivity contribution is -0.000895. The summed E-state index contributed by atoms with van der Waals surface area (Å²) >= 11 is 1.26. The molecule has 0 spiro atoms. The Labute approximate surface area is 186 Å². The van der Waals surface area contributed by atoms with Crippen LogP contribution in [0.15, 0.2) is 5.38 Å². The lowest BCUT2D eigenvalue weighted by Gasteiger charge is -2.34. The molecule has 0 saturated carbocycles. The van der Waals surface area contributed by atoms with Crippen molar-refractivity contribution in [2.75, 3.05) is 13.7 Å². The predicted molar refractivity (Wildman–Crippen MR) is 123 cm³/mol. The number of nitrogens with zero attached hydrogens (tertiary/aromatic N) is 2. The van der Waals surface area contributed by atoms with Crippen LogP contribution in [0.25, 0.3) is 0 Å². The minimum Gasteiger partial charge on any atom is -0.476 e. The monoisotopic (exact) mass is 446 g/mol. The van der Waals surface area contributed by atoms with Crippen LogP contribution in [0.5, 0.6) is 0 Å². The Kier molecular flexibility index (Phi) is 15.4. The Morgan fingerprint density at radius 3 is 2.10 bits per heavy atom. The SMILES string of the molecule is CC.CC.CCOC(CC(C(C)C)N(C)C(=O)OC(C)(C)C)c1nc(C(=O)O)cs1. The summed E-state index contributed by atoms with van der Waals surface area (Å²) in [6.07, 6.45) is -0.263. The molecule has 0 aliphatic rings. The molecule has 0 fully saturated rings. The minimum absolute atomic E-state index is 0.0105. The van der Waals surface area contributed by atoms with E-state index in [-0.39, 0.29) is 23.8 Å². The summed E-state index contributed by atoms with van der Waals surface area (Å²) in [6, 6.07) is -0.140. The highest BCUT2D eigenvalue weighted by Gasteiger charge is 2.31. The van der Waals surface area contributed by atoms with Gasteiger partial charge in [0, 0.05) is 31.5 Å². The summed E-state index contributed by atoms with van der Waals surface area (Å²) < 4.78 is 11.3. The van der Waals surface area contributed by atoms with E-state index in [0.717, 1.165) is 0 Å². The lowest BCUT2D eigenvalue weighted by atomic mass is 9.96. The van der Waals surface area contributed by atoms with Gasteiger partial charge in [-0.05, 0) is 33.6 Å². The molecule has 30 heavy (non-hydrogen) atoms. The first-order valence-corrected chi connectivity index (χ1v) is 11.6. The number of aromatic nitrogens is 1. The summed E-state index contributed by atoms with van der Waals surface area (Å²) in [4.78, 5) is 29.3. The molecule has 2 unspecified atom stereocenters. The van der Waals surface area contributed by atoms with E-state index in [2.05, 4.69) is 4.98 Å². The third-order valence-electron chi connectivity index (χ3n) is 3.79. The van der Waals surface area contributed by atoms with Crippen LogP contribution in [0.1, 0.15) is 97.3 Å². The van der Waals surface area contributed by atoms with Gasteiger partial charge in [-0.2, -0.15) is 0 Å². The van der Waals surface area contributed by atoms with Crippen LogP contribution in [-0.4, -0.2) is 52.4 Å². The molecule has 1 heterocycles. The minimum atomic E-state index is -1.06. The fourth-order valence-corrected chi connectivity index (χ4v) is 3.39. The number of ether oxygens (including phenoxy) is 2. The summed E-state index contributed by atoms with van der Waals surface area (Å²) in [5, 5.41) is 11.2. The van der Waals surface area contributed by atoms with E-state index in [0.29, 0.717) is 18.0 Å². The number of carbonyl (C=O) groups is 2. The second-order valence-electron chi connectivity index (χ2n) is 7.46. The molecular weight excluding hydrogens is 404 g/mol. The highest BCUT2D eigenvalue weighted by molar-refractivity contribution is 7.09. The van der Waals surface area contributed by atoms with Gasteiger partial charge < -0.3 is 19.5 Å². The van der Waals surface area contributed by atoms with E-state index in [1.807, 2.05) is 69.2 Å². The molecular formula is C22H42N2O5S. The van der Waals surface area contributed by atoms with Gasteiger partial charge in [-0.25, -0.2) is 14.6 Å². The van der Waals surface area contributed by atoms with Crippen molar-refractivity contribution in [1.82, 2.24) is 9.88 Å². The second-order valence-corrected chi connectivity index (χ2v) is 8.35. The molecule has 0 bridgehead atoms. The van der Waals surface area contributed by atoms with Crippen molar-refractivity contribution in [3.05, 3.63) is 16.1 Å². The maximum Gasteiger partial charge on any atom is 0.410 e. The molecule has 176 valence electrons. The largest absolute Gasteiger partial charge is 0.476 e. The Morgan fingerprint density at radius 2 is 1.73 bits per heavy atom. The van der Waals surface area contributed by atoms with E-state index < -0.39 is 17.7 Å². The Hall–Kier alpha value is -1.67. The van der Waals surface area contributed by atoms with Crippen molar-refractivity contribution < 1.29 is 24.2 Å². The quantitative estimate of drug-likeness (QED) is 0.507. The lowest BCUT2D eigenvalue weighted by Crippen LogP contribution is -2.44. The van der Waals surface area contributed by atoms with Crippen molar-refractivity contribution in [3.63, 3.8) is 0 Å². The standard InChI is InChI=1S/C18H30N2O5S.2C2H6/c1-8-24-14(15-19-12(10-26-15)16(21)22)9-13(11(2)3)20(7)17(23)25-18(4,5)6;2*1-2/h10-11,13-14H,8-9H2,1-7H3,(H,21,22);2*1-2H3. The number of carbonyl (C=O) groups excluding carboxylic acids is 1. The Balaban J connectivity index is 0. The van der Waals surface area contributed by atoms with Gasteiger partial charge in [-0.1, -0.05) is 41.5 Å². The average molecular weight is 447 g/mol. The van der Waals surface area contributed by atoms with Crippen LogP contribution in [0.3, 0.4) is 0 Å². The average Bonchev–Trinajstić information content (AvgIpc) is 3.16. The van der Waals surface area contributed by atoms with Crippen LogP contribution in [0, 0.1) is 5.92 Å². The van der Waals surface area contributed by atoms with Crippen LogP contribution < -0.4 is 0 Å². The topological polar surface area (TPSA) is 89.0 Å². The number of carboxylic acid groups (broad SMARTS) is 1. The van der Waals surface area contributed by atoms with E-state index in [1.165, 1.54) is 16.7 Å². The van der Waals surface area contributed by atoms with Gasteiger partial charge >= 0.3 is 12.1 Å². The van der Waals surface area contributed by atoms with Crippen molar-refractivity contribution in [3.8, 4) is 0 Å². The molecule has 7 nitrogen and oxygen atoms in total. The summed E-state index contributed by atoms with van der Waals surface area (Å²) in [7, 11) is 1.71. The van der Waals surface area contributed by atoms with Crippen LogP contribution in [-0.2, 0) is 9.47 Å². The third kappa shape index (κ3) is 10.9. The fraction of sp³-hybridized carbons (Fsp3) is 0.773. The molecule has 1 rings (SSSR count). The smallest absolute Gasteiger partial charge is 0.410 e. The van der Waals surface area contributed by atoms with E-state index in [4.69, 9.17) is 14.6 Å². The number of carboxylic acids is 1. The normalized spacial score (nSPS) is 12.7. The number of aromatic carboxylic acids is 1. The number of thiazole rings is 1. The van der Waals surface area contributed by atoms with Gasteiger partial charge in [0.15, 0.2) is 5.69 Å². The fourth-order valence-electron chi connectivity index (χ4n) is 2.54. The molecule has 0 aliphatic carbocycles. The molecule has 8 heteroatoms. The molecule has 0 saturated heterocycles. The van der Waals surface area contributed by atoms with Crippen molar-refractivity contribution >= 4 is 23.4 Å². The number of amides is 1. The van der Waals surface area contributed by atoms with Crippen LogP contribution >= 0.6 is 11.3 Å². The van der Waals surface area contributed by atoms with E-state index >= 15 is 0 Å². The molecule has 2 atom stereocenters. The predicted octanol–water partition coefficient (Wildman–Crippen LogP) is 6.25. The van der Waals surface area contributed by atoms with E-state index in [9.17, 15) is 9.59 Å². The van der Waals surface area contributed by atoms with Gasteiger partial charge in [-0.15, -0.1) is 11.3 Å². The highest BCUT2D eigenvalue weighted by Crippen LogP contribution is 2.30. The first-order chi connectivity index (χ1) is 14.0. The van der Waals surface area contributed by atoms with Crippen LogP contribution in [0.2, 0.25) is 0 Å². The summed E-state index contributed by atoms with van der Waals surface area (Å²) in [6.45, 7) is 19.9. The maximum atomic E-state index is 12.4. The van der Waals surface area contributed by atoms with Gasteiger partial charge in [0.2, 0.25) is 0 Å². The maximum absolute atomic E-state index is 12.4. The zero-order valence-corrected chi connectivity index (χ0v) is 21.4.